The second-order valence-electron chi connectivity index (χ2n) is 6.70. The Morgan fingerprint density at radius 1 is 1.35 bits per heavy atom. The van der Waals surface area contributed by atoms with Crippen molar-refractivity contribution in [2.75, 3.05) is 13.1 Å². The van der Waals surface area contributed by atoms with Gasteiger partial charge in [0.1, 0.15) is 0 Å². The van der Waals surface area contributed by atoms with Gasteiger partial charge in [-0.05, 0) is 62.1 Å². The lowest BCUT2D eigenvalue weighted by atomic mass is 10.1. The third kappa shape index (κ3) is 6.26. The Balaban J connectivity index is 0.00000338. The average molecular weight is 489 g/mol. The van der Waals surface area contributed by atoms with Crippen LogP contribution in [-0.4, -0.2) is 34.9 Å². The summed E-state index contributed by atoms with van der Waals surface area (Å²) in [6.45, 7) is 12.4. The molecule has 0 bridgehead atoms. The highest BCUT2D eigenvalue weighted by Crippen LogP contribution is 2.18. The molecule has 0 spiro atoms. The third-order valence-electron chi connectivity index (χ3n) is 4.53. The molecule has 5 nitrogen and oxygen atoms in total. The van der Waals surface area contributed by atoms with Gasteiger partial charge >= 0.3 is 0 Å². The van der Waals surface area contributed by atoms with Crippen LogP contribution < -0.4 is 10.6 Å². The van der Waals surface area contributed by atoms with Crippen molar-refractivity contribution in [2.45, 2.75) is 53.0 Å². The lowest BCUT2D eigenvalue weighted by Gasteiger charge is -2.19. The first-order valence-electron chi connectivity index (χ1n) is 8.98. The van der Waals surface area contributed by atoms with Gasteiger partial charge in [0, 0.05) is 37.8 Å². The van der Waals surface area contributed by atoms with Crippen LogP contribution in [0.1, 0.15) is 49.2 Å². The molecule has 0 aromatic carbocycles. The second kappa shape index (κ2) is 10.9. The summed E-state index contributed by atoms with van der Waals surface area (Å²) < 4.78 is 1.96. The molecule has 0 saturated carbocycles. The monoisotopic (exact) mass is 489 g/mol. The highest BCUT2D eigenvalue weighted by atomic mass is 127. The molecule has 0 saturated heterocycles. The van der Waals surface area contributed by atoms with Gasteiger partial charge in [-0.3, -0.25) is 9.67 Å². The number of halogens is 1. The van der Waals surface area contributed by atoms with Crippen molar-refractivity contribution < 1.29 is 0 Å². The molecule has 2 atom stereocenters. The summed E-state index contributed by atoms with van der Waals surface area (Å²) in [5.74, 6) is 1.32. The maximum Gasteiger partial charge on any atom is 0.191 e. The fourth-order valence-electron chi connectivity index (χ4n) is 2.91. The first-order valence-corrected chi connectivity index (χ1v) is 9.92. The number of aryl methyl sites for hydroxylation is 2. The van der Waals surface area contributed by atoms with Crippen molar-refractivity contribution in [3.05, 3.63) is 39.3 Å². The summed E-state index contributed by atoms with van der Waals surface area (Å²) >= 11 is 1.74. The molecular formula is C19H32IN5S. The molecule has 0 aliphatic carbocycles. The van der Waals surface area contributed by atoms with Crippen LogP contribution in [0.15, 0.2) is 21.8 Å². The minimum atomic E-state index is 0. The van der Waals surface area contributed by atoms with Crippen molar-refractivity contribution in [3.8, 4) is 0 Å². The highest BCUT2D eigenvalue weighted by Gasteiger charge is 2.14. The van der Waals surface area contributed by atoms with Gasteiger partial charge in [0.15, 0.2) is 5.96 Å². The average Bonchev–Trinajstić information content (AvgIpc) is 3.18. The maximum atomic E-state index is 4.78. The van der Waals surface area contributed by atoms with Gasteiger partial charge in [-0.15, -0.1) is 24.0 Å². The lowest BCUT2D eigenvalue weighted by molar-refractivity contribution is 0.632. The van der Waals surface area contributed by atoms with Gasteiger partial charge in [0.2, 0.25) is 0 Å². The van der Waals surface area contributed by atoms with Crippen LogP contribution in [-0.2, 0) is 13.5 Å². The lowest BCUT2D eigenvalue weighted by Crippen LogP contribution is -2.43. The van der Waals surface area contributed by atoms with Gasteiger partial charge in [-0.25, -0.2) is 0 Å². The van der Waals surface area contributed by atoms with Crippen LogP contribution in [0.4, 0.5) is 0 Å². The van der Waals surface area contributed by atoms with E-state index in [1.807, 2.05) is 11.7 Å². The number of guanidine groups is 1. The van der Waals surface area contributed by atoms with Crippen LogP contribution >= 0.6 is 35.3 Å². The quantitative estimate of drug-likeness (QED) is 0.351. The van der Waals surface area contributed by atoms with Gasteiger partial charge in [0.05, 0.1) is 5.69 Å². The van der Waals surface area contributed by atoms with Crippen molar-refractivity contribution in [3.63, 3.8) is 0 Å². The molecule has 2 N–H and O–H groups in total. The van der Waals surface area contributed by atoms with E-state index >= 15 is 0 Å². The second-order valence-corrected chi connectivity index (χ2v) is 7.48. The van der Waals surface area contributed by atoms with E-state index in [2.05, 4.69) is 67.2 Å². The standard InChI is InChI=1S/C19H31N5S.HI/c1-7-20-19(21-11-13(2)17-8-9-25-12-17)22-14(3)10-18-15(4)23-24(6)16(18)5;/h8-9,12-14H,7,10-11H2,1-6H3,(H2,20,21,22);1H. The van der Waals surface area contributed by atoms with E-state index in [1.165, 1.54) is 16.8 Å². The Bertz CT molecular complexity index is 693. The van der Waals surface area contributed by atoms with E-state index < -0.39 is 0 Å². The summed E-state index contributed by atoms with van der Waals surface area (Å²) in [4.78, 5) is 4.78. The fraction of sp³-hybridized carbons (Fsp3) is 0.579. The Morgan fingerprint density at radius 2 is 2.08 bits per heavy atom. The van der Waals surface area contributed by atoms with Crippen LogP contribution in [0, 0.1) is 13.8 Å². The summed E-state index contributed by atoms with van der Waals surface area (Å²) in [5, 5.41) is 15.7. The molecule has 0 radical (unpaired) electrons. The van der Waals surface area contributed by atoms with E-state index in [4.69, 9.17) is 4.99 Å². The molecule has 2 rings (SSSR count). The predicted octanol–water partition coefficient (Wildman–Crippen LogP) is 4.01. The van der Waals surface area contributed by atoms with Crippen LogP contribution in [0.3, 0.4) is 0 Å². The van der Waals surface area contributed by atoms with Crippen molar-refractivity contribution in [2.24, 2.45) is 12.0 Å². The number of hydrogen-bond donors (Lipinski definition) is 2. The number of nitrogens with zero attached hydrogens (tertiary/aromatic N) is 3. The van der Waals surface area contributed by atoms with Crippen LogP contribution in [0.2, 0.25) is 0 Å². The Morgan fingerprint density at radius 3 is 2.62 bits per heavy atom. The summed E-state index contributed by atoms with van der Waals surface area (Å²) in [6.07, 6.45) is 0.940. The van der Waals surface area contributed by atoms with Crippen molar-refractivity contribution >= 4 is 41.3 Å². The number of hydrogen-bond acceptors (Lipinski definition) is 3. The number of nitrogens with one attached hydrogen (secondary N) is 2. The minimum absolute atomic E-state index is 0. The normalized spacial score (nSPS) is 13.8. The molecule has 2 aromatic rings. The molecule has 2 heterocycles. The molecule has 0 aliphatic heterocycles. The molecule has 2 unspecified atom stereocenters. The number of aliphatic imine (C=N–C) groups is 1. The SMILES string of the molecule is CCNC(=NCC(C)c1ccsc1)NC(C)Cc1c(C)nn(C)c1C.I. The topological polar surface area (TPSA) is 54.2 Å². The molecule has 0 aliphatic rings. The first-order chi connectivity index (χ1) is 11.9. The van der Waals surface area contributed by atoms with Crippen molar-refractivity contribution in [1.82, 2.24) is 20.4 Å². The molecule has 2 aromatic heterocycles. The Labute approximate surface area is 178 Å². The molecular weight excluding hydrogens is 457 g/mol. The third-order valence-corrected chi connectivity index (χ3v) is 5.23. The van der Waals surface area contributed by atoms with Gasteiger partial charge < -0.3 is 10.6 Å². The van der Waals surface area contributed by atoms with Gasteiger partial charge in [-0.2, -0.15) is 16.4 Å². The fourth-order valence-corrected chi connectivity index (χ4v) is 3.69. The van der Waals surface area contributed by atoms with E-state index in [0.717, 1.165) is 31.2 Å². The van der Waals surface area contributed by atoms with Crippen LogP contribution in [0.25, 0.3) is 0 Å². The number of aromatic nitrogens is 2. The molecule has 26 heavy (non-hydrogen) atoms. The number of rotatable bonds is 7. The molecule has 146 valence electrons. The first kappa shape index (κ1) is 23.0. The molecule has 0 fully saturated rings. The zero-order chi connectivity index (χ0) is 18.4. The zero-order valence-corrected chi connectivity index (χ0v) is 19.8. The van der Waals surface area contributed by atoms with Crippen molar-refractivity contribution in [1.29, 1.82) is 0 Å². The van der Waals surface area contributed by atoms with Crippen LogP contribution in [0.5, 0.6) is 0 Å². The zero-order valence-electron chi connectivity index (χ0n) is 16.7. The summed E-state index contributed by atoms with van der Waals surface area (Å²) in [6, 6.07) is 2.47. The van der Waals surface area contributed by atoms with Gasteiger partial charge in [0.25, 0.3) is 0 Å². The Hall–Kier alpha value is -1.09. The molecule has 7 heteroatoms. The summed E-state index contributed by atoms with van der Waals surface area (Å²) in [7, 11) is 2.00. The molecule has 0 amide bonds. The largest absolute Gasteiger partial charge is 0.357 e. The van der Waals surface area contributed by atoms with E-state index in [0.29, 0.717) is 5.92 Å². The number of thiophene rings is 1. The van der Waals surface area contributed by atoms with E-state index in [-0.39, 0.29) is 30.0 Å². The summed E-state index contributed by atoms with van der Waals surface area (Å²) in [5.41, 5.74) is 5.03. The maximum absolute atomic E-state index is 4.78. The minimum Gasteiger partial charge on any atom is -0.357 e. The highest BCUT2D eigenvalue weighted by molar-refractivity contribution is 14.0. The van der Waals surface area contributed by atoms with E-state index in [1.54, 1.807) is 11.3 Å². The Kier molecular flexibility index (Phi) is 9.63. The smallest absolute Gasteiger partial charge is 0.191 e. The predicted molar refractivity (Wildman–Crippen MR) is 123 cm³/mol. The van der Waals surface area contributed by atoms with Gasteiger partial charge in [-0.1, -0.05) is 6.92 Å². The van der Waals surface area contributed by atoms with E-state index in [9.17, 15) is 0 Å².